The van der Waals surface area contributed by atoms with Crippen LogP contribution in [0.15, 0.2) is 0 Å². The highest BCUT2D eigenvalue weighted by Crippen LogP contribution is 2.11. The Bertz CT molecular complexity index is 318. The molecule has 0 unspecified atom stereocenters. The first-order valence-corrected chi connectivity index (χ1v) is 13.5. The van der Waals surface area contributed by atoms with Crippen molar-refractivity contribution in [3.8, 4) is 0 Å². The largest absolute Gasteiger partial charge is 0.379 e. The number of hydrogen-bond donors (Lipinski definition) is 3. The summed E-state index contributed by atoms with van der Waals surface area (Å²) < 4.78 is 10.9. The summed E-state index contributed by atoms with van der Waals surface area (Å²) in [7, 11) is 0. The first-order valence-electron chi connectivity index (χ1n) is 13.5. The predicted molar refractivity (Wildman–Crippen MR) is 143 cm³/mol. The minimum Gasteiger partial charge on any atom is -0.379 e. The van der Waals surface area contributed by atoms with Crippen LogP contribution in [-0.4, -0.2) is 64.2 Å². The van der Waals surface area contributed by atoms with Crippen LogP contribution in [-0.2, 0) is 9.47 Å². The Morgan fingerprint density at radius 2 is 0.906 bits per heavy atom. The van der Waals surface area contributed by atoms with E-state index in [-0.39, 0.29) is 0 Å². The minimum atomic E-state index is 0.538. The first kappa shape index (κ1) is 34.0. The monoisotopic (exact) mass is 459 g/mol. The van der Waals surface area contributed by atoms with Crippen molar-refractivity contribution in [3.05, 3.63) is 0 Å². The molecule has 0 aliphatic rings. The van der Waals surface area contributed by atoms with Crippen LogP contribution < -0.4 is 16.0 Å². The van der Waals surface area contributed by atoms with Gasteiger partial charge in [0.05, 0.1) is 19.8 Å². The quantitative estimate of drug-likeness (QED) is 0.194. The Kier molecular flexibility index (Phi) is 27.0. The maximum atomic E-state index is 5.47. The van der Waals surface area contributed by atoms with Crippen molar-refractivity contribution in [1.29, 1.82) is 0 Å². The van der Waals surface area contributed by atoms with Gasteiger partial charge in [0.25, 0.3) is 0 Å². The highest BCUT2D eigenvalue weighted by molar-refractivity contribution is 4.60. The lowest BCUT2D eigenvalue weighted by molar-refractivity contribution is 0.0463. The van der Waals surface area contributed by atoms with E-state index in [1.54, 1.807) is 0 Å². The van der Waals surface area contributed by atoms with Crippen LogP contribution in [0.2, 0.25) is 0 Å². The van der Waals surface area contributed by atoms with E-state index in [0.717, 1.165) is 44.6 Å². The van der Waals surface area contributed by atoms with Gasteiger partial charge in [0, 0.05) is 31.3 Å². The van der Waals surface area contributed by atoms with Gasteiger partial charge in [-0.15, -0.1) is 0 Å². The van der Waals surface area contributed by atoms with Crippen molar-refractivity contribution in [2.45, 2.75) is 119 Å². The second-order valence-corrected chi connectivity index (χ2v) is 10.5. The summed E-state index contributed by atoms with van der Waals surface area (Å²) in [6.45, 7) is 26.3. The van der Waals surface area contributed by atoms with Gasteiger partial charge in [0.1, 0.15) is 0 Å². The fourth-order valence-electron chi connectivity index (χ4n) is 3.16. The van der Waals surface area contributed by atoms with Gasteiger partial charge in [-0.05, 0) is 63.5 Å². The lowest BCUT2D eigenvalue weighted by Gasteiger charge is -2.13. The Morgan fingerprint density at radius 3 is 1.34 bits per heavy atom. The highest BCUT2D eigenvalue weighted by Gasteiger charge is 2.02. The molecular formula is C27H61N3O2. The smallest absolute Gasteiger partial charge is 0.0701 e. The standard InChI is InChI=1S/C14H32N2.C13H29NO2/c1-12(2)15-10-6-8-14(5)9-7-11-16-13(3)4;1-12(2)6-5-8-15-10-11-16-9-7-14-13(3)4/h12-16H,6-11H2,1-5H3;12-14H,5-11H2,1-4H3. The van der Waals surface area contributed by atoms with E-state index in [9.17, 15) is 0 Å². The van der Waals surface area contributed by atoms with Crippen molar-refractivity contribution < 1.29 is 9.47 Å². The van der Waals surface area contributed by atoms with Gasteiger partial charge in [-0.2, -0.15) is 0 Å². The molecule has 0 aromatic heterocycles. The average Bonchev–Trinajstić information content (AvgIpc) is 2.70. The third-order valence-electron chi connectivity index (χ3n) is 5.09. The van der Waals surface area contributed by atoms with Crippen molar-refractivity contribution in [2.75, 3.05) is 46.1 Å². The molecule has 0 aliphatic carbocycles. The maximum Gasteiger partial charge on any atom is 0.0701 e. The van der Waals surface area contributed by atoms with Crippen molar-refractivity contribution in [1.82, 2.24) is 16.0 Å². The normalized spacial score (nSPS) is 11.8. The molecule has 0 atom stereocenters. The highest BCUT2D eigenvalue weighted by atomic mass is 16.5. The van der Waals surface area contributed by atoms with Crippen molar-refractivity contribution in [2.24, 2.45) is 11.8 Å². The zero-order valence-corrected chi connectivity index (χ0v) is 23.4. The molecule has 0 saturated carbocycles. The summed E-state index contributed by atoms with van der Waals surface area (Å²) in [6, 6.07) is 1.80. The van der Waals surface area contributed by atoms with Gasteiger partial charge in [-0.1, -0.05) is 62.3 Å². The summed E-state index contributed by atoms with van der Waals surface area (Å²) in [5.74, 6) is 1.66. The molecule has 196 valence electrons. The average molecular weight is 460 g/mol. The van der Waals surface area contributed by atoms with Crippen molar-refractivity contribution in [3.63, 3.8) is 0 Å². The van der Waals surface area contributed by atoms with E-state index in [2.05, 4.69) is 78.3 Å². The summed E-state index contributed by atoms with van der Waals surface area (Å²) in [5, 5.41) is 10.2. The molecule has 0 bridgehead atoms. The minimum absolute atomic E-state index is 0.538. The van der Waals surface area contributed by atoms with Crippen molar-refractivity contribution >= 4 is 0 Å². The van der Waals surface area contributed by atoms with Gasteiger partial charge >= 0.3 is 0 Å². The van der Waals surface area contributed by atoms with E-state index in [4.69, 9.17) is 9.47 Å². The van der Waals surface area contributed by atoms with Crippen LogP contribution >= 0.6 is 0 Å². The second-order valence-electron chi connectivity index (χ2n) is 10.5. The first-order chi connectivity index (χ1) is 15.1. The van der Waals surface area contributed by atoms with Crippen LogP contribution in [0.5, 0.6) is 0 Å². The van der Waals surface area contributed by atoms with Gasteiger partial charge in [0.2, 0.25) is 0 Å². The van der Waals surface area contributed by atoms with Gasteiger partial charge < -0.3 is 25.4 Å². The zero-order chi connectivity index (χ0) is 24.6. The third kappa shape index (κ3) is 34.4. The molecule has 0 saturated heterocycles. The summed E-state index contributed by atoms with van der Waals surface area (Å²) in [6.07, 6.45) is 7.77. The van der Waals surface area contributed by atoms with Gasteiger partial charge in [-0.25, -0.2) is 0 Å². The molecular weight excluding hydrogens is 398 g/mol. The Morgan fingerprint density at radius 1 is 0.469 bits per heavy atom. The molecule has 0 heterocycles. The van der Waals surface area contributed by atoms with E-state index in [1.807, 2.05) is 0 Å². The molecule has 3 N–H and O–H groups in total. The molecule has 0 spiro atoms. The van der Waals surface area contributed by atoms with E-state index in [1.165, 1.54) is 45.2 Å². The van der Waals surface area contributed by atoms with Crippen LogP contribution in [0.1, 0.15) is 101 Å². The number of rotatable bonds is 21. The number of nitrogens with one attached hydrogen (secondary N) is 3. The molecule has 0 radical (unpaired) electrons. The van der Waals surface area contributed by atoms with Gasteiger partial charge in [-0.3, -0.25) is 0 Å². The molecule has 5 heteroatoms. The summed E-state index contributed by atoms with van der Waals surface area (Å²) in [4.78, 5) is 0. The number of ether oxygens (including phenoxy) is 2. The van der Waals surface area contributed by atoms with Crippen LogP contribution in [0.4, 0.5) is 0 Å². The van der Waals surface area contributed by atoms with Crippen LogP contribution in [0, 0.1) is 11.8 Å². The Hall–Kier alpha value is -0.200. The molecule has 32 heavy (non-hydrogen) atoms. The Balaban J connectivity index is 0. The topological polar surface area (TPSA) is 54.6 Å². The third-order valence-corrected chi connectivity index (χ3v) is 5.09. The lowest BCUT2D eigenvalue weighted by atomic mass is 10.00. The fraction of sp³-hybridized carbons (Fsp3) is 1.00. The predicted octanol–water partition coefficient (Wildman–Crippen LogP) is 5.63. The molecule has 0 fully saturated rings. The molecule has 0 rings (SSSR count). The number of hydrogen-bond acceptors (Lipinski definition) is 5. The molecule has 0 amide bonds. The Labute approximate surface area is 202 Å². The zero-order valence-electron chi connectivity index (χ0n) is 23.4. The van der Waals surface area contributed by atoms with Gasteiger partial charge in [0.15, 0.2) is 0 Å². The molecule has 0 aromatic rings. The molecule has 0 aromatic carbocycles. The van der Waals surface area contributed by atoms with E-state index >= 15 is 0 Å². The molecule has 0 aliphatic heterocycles. The van der Waals surface area contributed by atoms with Crippen LogP contribution in [0.25, 0.3) is 0 Å². The van der Waals surface area contributed by atoms with E-state index in [0.29, 0.717) is 24.7 Å². The second kappa shape index (κ2) is 25.4. The van der Waals surface area contributed by atoms with Crippen LogP contribution in [0.3, 0.4) is 0 Å². The molecule has 5 nitrogen and oxygen atoms in total. The summed E-state index contributed by atoms with van der Waals surface area (Å²) in [5.41, 5.74) is 0. The lowest BCUT2D eigenvalue weighted by Crippen LogP contribution is -2.27. The maximum absolute atomic E-state index is 5.47. The summed E-state index contributed by atoms with van der Waals surface area (Å²) >= 11 is 0. The fourth-order valence-corrected chi connectivity index (χ4v) is 3.16. The van der Waals surface area contributed by atoms with E-state index < -0.39 is 0 Å². The SMILES string of the molecule is CC(C)CCCOCCOCCNC(C)C.CC(CCCNC(C)C)CCCNC(C)C.